The van der Waals surface area contributed by atoms with Gasteiger partial charge in [-0.3, -0.25) is 4.79 Å². The number of hydrogen-bond donors (Lipinski definition) is 1. The van der Waals surface area contributed by atoms with Gasteiger partial charge in [-0.15, -0.1) is 0 Å². The number of carbonyl (C=O) groups excluding carboxylic acids is 1. The SMILES string of the molecule is CC(=O)SCC=Cc1cc(CO)ccc1Cl. The molecule has 1 aromatic rings. The maximum absolute atomic E-state index is 10.7. The number of carbonyl (C=O) groups is 1. The van der Waals surface area contributed by atoms with Gasteiger partial charge in [0, 0.05) is 17.7 Å². The molecule has 1 aromatic carbocycles. The highest BCUT2D eigenvalue weighted by molar-refractivity contribution is 8.13. The maximum Gasteiger partial charge on any atom is 0.186 e. The second-order valence-electron chi connectivity index (χ2n) is 3.22. The third-order valence-corrected chi connectivity index (χ3v) is 3.03. The van der Waals surface area contributed by atoms with Crippen LogP contribution in [0.2, 0.25) is 5.02 Å². The molecule has 4 heteroatoms. The van der Waals surface area contributed by atoms with Crippen molar-refractivity contribution in [2.75, 3.05) is 5.75 Å². The highest BCUT2D eigenvalue weighted by atomic mass is 35.5. The Kier molecular flexibility index (Phi) is 5.60. The van der Waals surface area contributed by atoms with Crippen LogP contribution in [0.15, 0.2) is 24.3 Å². The van der Waals surface area contributed by atoms with Gasteiger partial charge in [0.1, 0.15) is 0 Å². The Balaban J connectivity index is 2.68. The van der Waals surface area contributed by atoms with Gasteiger partial charge in [0.25, 0.3) is 0 Å². The van der Waals surface area contributed by atoms with Crippen LogP contribution in [0.3, 0.4) is 0 Å². The molecule has 0 atom stereocenters. The largest absolute Gasteiger partial charge is 0.392 e. The average Bonchev–Trinajstić information content (AvgIpc) is 2.26. The van der Waals surface area contributed by atoms with E-state index < -0.39 is 0 Å². The molecule has 0 heterocycles. The van der Waals surface area contributed by atoms with Gasteiger partial charge in [-0.05, 0) is 23.3 Å². The Morgan fingerprint density at radius 1 is 1.56 bits per heavy atom. The first-order valence-corrected chi connectivity index (χ1v) is 6.19. The Morgan fingerprint density at radius 3 is 2.94 bits per heavy atom. The first kappa shape index (κ1) is 13.3. The molecule has 86 valence electrons. The zero-order valence-electron chi connectivity index (χ0n) is 8.94. The van der Waals surface area contributed by atoms with Crippen LogP contribution in [-0.2, 0) is 11.4 Å². The highest BCUT2D eigenvalue weighted by Crippen LogP contribution is 2.19. The first-order chi connectivity index (χ1) is 7.63. The molecule has 16 heavy (non-hydrogen) atoms. The summed E-state index contributed by atoms with van der Waals surface area (Å²) in [7, 11) is 0. The van der Waals surface area contributed by atoms with Crippen molar-refractivity contribution in [2.45, 2.75) is 13.5 Å². The summed E-state index contributed by atoms with van der Waals surface area (Å²) in [6.45, 7) is 1.54. The van der Waals surface area contributed by atoms with E-state index in [9.17, 15) is 4.79 Å². The number of thioether (sulfide) groups is 1. The zero-order valence-corrected chi connectivity index (χ0v) is 10.5. The Bertz CT molecular complexity index is 402. The van der Waals surface area contributed by atoms with E-state index in [0.717, 1.165) is 11.1 Å². The third-order valence-electron chi connectivity index (χ3n) is 1.92. The van der Waals surface area contributed by atoms with Gasteiger partial charge in [-0.25, -0.2) is 0 Å². The fourth-order valence-electron chi connectivity index (χ4n) is 1.16. The molecule has 0 bridgehead atoms. The minimum atomic E-state index is 0.000203. The van der Waals surface area contributed by atoms with Crippen LogP contribution in [0, 0.1) is 0 Å². The lowest BCUT2D eigenvalue weighted by Gasteiger charge is -2.01. The van der Waals surface area contributed by atoms with Crippen LogP contribution in [-0.4, -0.2) is 16.0 Å². The van der Waals surface area contributed by atoms with Crippen molar-refractivity contribution < 1.29 is 9.90 Å². The van der Waals surface area contributed by atoms with Crippen LogP contribution >= 0.6 is 23.4 Å². The Morgan fingerprint density at radius 2 is 2.31 bits per heavy atom. The van der Waals surface area contributed by atoms with E-state index in [0.29, 0.717) is 10.8 Å². The molecular formula is C12H13ClO2S. The molecule has 0 aliphatic rings. The molecule has 0 unspecified atom stereocenters. The van der Waals surface area contributed by atoms with Crippen molar-refractivity contribution in [3.63, 3.8) is 0 Å². The maximum atomic E-state index is 10.7. The number of aliphatic hydroxyl groups is 1. The van der Waals surface area contributed by atoms with Gasteiger partial charge in [0.2, 0.25) is 0 Å². The number of halogens is 1. The Labute approximate surface area is 104 Å². The summed E-state index contributed by atoms with van der Waals surface area (Å²) in [5, 5.41) is 9.72. The van der Waals surface area contributed by atoms with E-state index in [4.69, 9.17) is 16.7 Å². The lowest BCUT2D eigenvalue weighted by atomic mass is 10.1. The second kappa shape index (κ2) is 6.74. The molecule has 0 amide bonds. The topological polar surface area (TPSA) is 37.3 Å². The summed E-state index contributed by atoms with van der Waals surface area (Å²) in [6.07, 6.45) is 3.74. The number of rotatable bonds is 4. The quantitative estimate of drug-likeness (QED) is 0.899. The van der Waals surface area contributed by atoms with Crippen molar-refractivity contribution in [1.82, 2.24) is 0 Å². The van der Waals surface area contributed by atoms with Gasteiger partial charge >= 0.3 is 0 Å². The van der Waals surface area contributed by atoms with Gasteiger partial charge in [-0.2, -0.15) is 0 Å². The number of hydrogen-bond acceptors (Lipinski definition) is 3. The predicted octanol–water partition coefficient (Wildman–Crippen LogP) is 3.13. The normalized spacial score (nSPS) is 10.9. The van der Waals surface area contributed by atoms with Gasteiger partial charge in [0.05, 0.1) is 6.61 Å². The molecule has 0 fully saturated rings. The van der Waals surface area contributed by atoms with Crippen LogP contribution in [0.4, 0.5) is 0 Å². The summed E-state index contributed by atoms with van der Waals surface area (Å²) >= 11 is 7.24. The van der Waals surface area contributed by atoms with E-state index in [-0.39, 0.29) is 11.7 Å². The summed E-state index contributed by atoms with van der Waals surface area (Å²) in [5.41, 5.74) is 1.68. The molecule has 0 spiro atoms. The predicted molar refractivity (Wildman–Crippen MR) is 69.5 cm³/mol. The lowest BCUT2D eigenvalue weighted by Crippen LogP contribution is -1.85. The molecular weight excluding hydrogens is 244 g/mol. The molecule has 0 aliphatic heterocycles. The van der Waals surface area contributed by atoms with Crippen LogP contribution in [0.1, 0.15) is 18.1 Å². The van der Waals surface area contributed by atoms with Crippen molar-refractivity contribution in [3.8, 4) is 0 Å². The van der Waals surface area contributed by atoms with E-state index in [1.165, 1.54) is 18.7 Å². The van der Waals surface area contributed by atoms with Crippen molar-refractivity contribution in [2.24, 2.45) is 0 Å². The van der Waals surface area contributed by atoms with Gasteiger partial charge < -0.3 is 5.11 Å². The summed E-state index contributed by atoms with van der Waals surface area (Å²) in [4.78, 5) is 10.7. The first-order valence-electron chi connectivity index (χ1n) is 4.82. The minimum absolute atomic E-state index is 0.000203. The molecule has 0 saturated carbocycles. The minimum Gasteiger partial charge on any atom is -0.392 e. The molecule has 2 nitrogen and oxygen atoms in total. The van der Waals surface area contributed by atoms with Crippen LogP contribution < -0.4 is 0 Å². The smallest absolute Gasteiger partial charge is 0.186 e. The monoisotopic (exact) mass is 256 g/mol. The lowest BCUT2D eigenvalue weighted by molar-refractivity contribution is -0.109. The third kappa shape index (κ3) is 4.39. The molecule has 0 aromatic heterocycles. The summed E-state index contributed by atoms with van der Waals surface area (Å²) < 4.78 is 0. The number of aliphatic hydroxyl groups excluding tert-OH is 1. The number of benzene rings is 1. The van der Waals surface area contributed by atoms with Gasteiger partial charge in [-0.1, -0.05) is 41.6 Å². The molecule has 0 radical (unpaired) electrons. The fraction of sp³-hybridized carbons (Fsp3) is 0.250. The fourth-order valence-corrected chi connectivity index (χ4v) is 1.77. The van der Waals surface area contributed by atoms with E-state index in [1.807, 2.05) is 18.2 Å². The van der Waals surface area contributed by atoms with Gasteiger partial charge in [0.15, 0.2) is 5.12 Å². The average molecular weight is 257 g/mol. The van der Waals surface area contributed by atoms with Crippen LogP contribution in [0.5, 0.6) is 0 Å². The zero-order chi connectivity index (χ0) is 12.0. The van der Waals surface area contributed by atoms with Crippen molar-refractivity contribution >= 4 is 34.6 Å². The van der Waals surface area contributed by atoms with E-state index in [1.54, 1.807) is 12.1 Å². The van der Waals surface area contributed by atoms with E-state index >= 15 is 0 Å². The van der Waals surface area contributed by atoms with E-state index in [2.05, 4.69) is 0 Å². The second-order valence-corrected chi connectivity index (χ2v) is 4.82. The Hall–Kier alpha value is -0.770. The molecule has 1 rings (SSSR count). The molecule has 0 aliphatic carbocycles. The highest BCUT2D eigenvalue weighted by Gasteiger charge is 1.98. The molecule has 0 saturated heterocycles. The summed E-state index contributed by atoms with van der Waals surface area (Å²) in [5.74, 6) is 0.634. The van der Waals surface area contributed by atoms with Crippen LogP contribution in [0.25, 0.3) is 6.08 Å². The summed E-state index contributed by atoms with van der Waals surface area (Å²) in [6, 6.07) is 5.37. The van der Waals surface area contributed by atoms with Crippen molar-refractivity contribution in [3.05, 3.63) is 40.4 Å². The molecule has 1 N–H and O–H groups in total. The van der Waals surface area contributed by atoms with Crippen molar-refractivity contribution in [1.29, 1.82) is 0 Å². The standard InChI is InChI=1S/C12H13ClO2S/c1-9(15)16-6-2-3-11-7-10(8-14)4-5-12(11)13/h2-5,7,14H,6,8H2,1H3.